The molecule has 1 saturated heterocycles. The molecule has 2 amide bonds. The Morgan fingerprint density at radius 1 is 1.30 bits per heavy atom. The molecule has 1 N–H and O–H groups in total. The van der Waals surface area contributed by atoms with Crippen molar-refractivity contribution in [3.8, 4) is 11.5 Å². The standard InChI is InChI=1S/C15H16N4O3S/c20-15(17-14-18-16-9-23-14)19-5-1-2-11(19)10-3-4-12-13(8-10)22-7-6-21-12/h3-4,8-9,11H,1-2,5-7H2,(H,17,18,20). The van der Waals surface area contributed by atoms with Crippen molar-refractivity contribution in [3.05, 3.63) is 29.3 Å². The summed E-state index contributed by atoms with van der Waals surface area (Å²) in [6.07, 6.45) is 1.91. The van der Waals surface area contributed by atoms with E-state index in [0.29, 0.717) is 18.3 Å². The first-order valence-electron chi connectivity index (χ1n) is 7.54. The van der Waals surface area contributed by atoms with E-state index in [4.69, 9.17) is 9.47 Å². The molecule has 0 radical (unpaired) electrons. The molecule has 1 atom stereocenters. The molecule has 2 aliphatic rings. The van der Waals surface area contributed by atoms with Gasteiger partial charge in [0.15, 0.2) is 11.5 Å². The van der Waals surface area contributed by atoms with E-state index in [9.17, 15) is 4.79 Å². The molecule has 1 aromatic carbocycles. The lowest BCUT2D eigenvalue weighted by atomic mass is 10.0. The molecule has 120 valence electrons. The molecule has 1 unspecified atom stereocenters. The monoisotopic (exact) mass is 332 g/mol. The van der Waals surface area contributed by atoms with Gasteiger partial charge in [-0.2, -0.15) is 0 Å². The summed E-state index contributed by atoms with van der Waals surface area (Å²) in [6.45, 7) is 1.86. The lowest BCUT2D eigenvalue weighted by molar-refractivity contribution is 0.170. The van der Waals surface area contributed by atoms with Crippen molar-refractivity contribution in [2.75, 3.05) is 25.1 Å². The fourth-order valence-electron chi connectivity index (χ4n) is 3.01. The van der Waals surface area contributed by atoms with Crippen molar-refractivity contribution in [1.82, 2.24) is 15.1 Å². The molecule has 0 saturated carbocycles. The minimum atomic E-state index is -0.140. The molecular weight excluding hydrogens is 316 g/mol. The van der Waals surface area contributed by atoms with Crippen LogP contribution < -0.4 is 14.8 Å². The summed E-state index contributed by atoms with van der Waals surface area (Å²) >= 11 is 1.31. The third kappa shape index (κ3) is 2.81. The zero-order valence-corrected chi connectivity index (χ0v) is 13.2. The number of nitrogens with one attached hydrogen (secondary N) is 1. The number of ether oxygens (including phenoxy) is 2. The van der Waals surface area contributed by atoms with Crippen LogP contribution in [-0.2, 0) is 0 Å². The Kier molecular flexibility index (Phi) is 3.74. The molecule has 2 aromatic rings. The molecule has 8 heteroatoms. The zero-order valence-electron chi connectivity index (χ0n) is 12.4. The molecule has 1 aromatic heterocycles. The lowest BCUT2D eigenvalue weighted by Crippen LogP contribution is -2.34. The number of benzene rings is 1. The summed E-state index contributed by atoms with van der Waals surface area (Å²) < 4.78 is 11.2. The number of carbonyl (C=O) groups is 1. The average Bonchev–Trinajstić information content (AvgIpc) is 3.25. The fraction of sp³-hybridized carbons (Fsp3) is 0.400. The van der Waals surface area contributed by atoms with Gasteiger partial charge in [-0.15, -0.1) is 10.2 Å². The summed E-state index contributed by atoms with van der Waals surface area (Å²) in [7, 11) is 0. The number of nitrogens with zero attached hydrogens (tertiary/aromatic N) is 3. The number of hydrogen-bond donors (Lipinski definition) is 1. The second-order valence-corrected chi connectivity index (χ2v) is 6.26. The fourth-order valence-corrected chi connectivity index (χ4v) is 3.45. The highest BCUT2D eigenvalue weighted by molar-refractivity contribution is 7.13. The zero-order chi connectivity index (χ0) is 15.6. The van der Waals surface area contributed by atoms with Crippen molar-refractivity contribution < 1.29 is 14.3 Å². The Labute approximate surface area is 137 Å². The highest BCUT2D eigenvalue weighted by Crippen LogP contribution is 2.38. The van der Waals surface area contributed by atoms with Gasteiger partial charge < -0.3 is 14.4 Å². The smallest absolute Gasteiger partial charge is 0.324 e. The van der Waals surface area contributed by atoms with Gasteiger partial charge in [0, 0.05) is 6.54 Å². The van der Waals surface area contributed by atoms with Gasteiger partial charge in [-0.25, -0.2) is 4.79 Å². The maximum Gasteiger partial charge on any atom is 0.324 e. The molecule has 3 heterocycles. The maximum absolute atomic E-state index is 12.5. The first-order valence-corrected chi connectivity index (χ1v) is 8.42. The van der Waals surface area contributed by atoms with Crippen molar-refractivity contribution in [3.63, 3.8) is 0 Å². The van der Waals surface area contributed by atoms with Gasteiger partial charge in [0.1, 0.15) is 18.7 Å². The highest BCUT2D eigenvalue weighted by atomic mass is 32.1. The first-order chi connectivity index (χ1) is 11.3. The number of anilines is 1. The molecule has 4 rings (SSSR count). The summed E-state index contributed by atoms with van der Waals surface area (Å²) in [5.41, 5.74) is 2.66. The normalized spacial score (nSPS) is 19.7. The number of rotatable bonds is 2. The summed E-state index contributed by atoms with van der Waals surface area (Å²) in [5.74, 6) is 1.52. The minimum absolute atomic E-state index is 0.0405. The summed E-state index contributed by atoms with van der Waals surface area (Å²) in [6, 6.07) is 5.81. The third-order valence-electron chi connectivity index (χ3n) is 4.04. The molecule has 0 spiro atoms. The van der Waals surface area contributed by atoms with Gasteiger partial charge in [0.05, 0.1) is 6.04 Å². The van der Waals surface area contributed by atoms with E-state index in [1.54, 1.807) is 5.51 Å². The summed E-state index contributed by atoms with van der Waals surface area (Å²) in [5, 5.41) is 10.9. The van der Waals surface area contributed by atoms with E-state index in [1.165, 1.54) is 11.3 Å². The van der Waals surface area contributed by atoms with E-state index < -0.39 is 0 Å². The van der Waals surface area contributed by atoms with Gasteiger partial charge in [-0.3, -0.25) is 5.32 Å². The Bertz CT molecular complexity index is 707. The van der Waals surface area contributed by atoms with Crippen LogP contribution >= 0.6 is 11.3 Å². The van der Waals surface area contributed by atoms with E-state index in [0.717, 1.165) is 36.4 Å². The Morgan fingerprint density at radius 3 is 3.00 bits per heavy atom. The number of hydrogen-bond acceptors (Lipinski definition) is 6. The number of fused-ring (bicyclic) bond motifs is 1. The second kappa shape index (κ2) is 6.04. The van der Waals surface area contributed by atoms with E-state index >= 15 is 0 Å². The van der Waals surface area contributed by atoms with Gasteiger partial charge in [0.25, 0.3) is 0 Å². The van der Waals surface area contributed by atoms with Crippen molar-refractivity contribution in [1.29, 1.82) is 0 Å². The molecule has 0 aliphatic carbocycles. The molecular formula is C15H16N4O3S. The lowest BCUT2D eigenvalue weighted by Gasteiger charge is -2.26. The predicted octanol–water partition coefficient (Wildman–Crippen LogP) is 2.68. The highest BCUT2D eigenvalue weighted by Gasteiger charge is 2.31. The van der Waals surface area contributed by atoms with E-state index in [1.807, 2.05) is 23.1 Å². The maximum atomic E-state index is 12.5. The largest absolute Gasteiger partial charge is 0.486 e. The van der Waals surface area contributed by atoms with Crippen LogP contribution in [0.25, 0.3) is 0 Å². The van der Waals surface area contributed by atoms with Crippen LogP contribution in [0, 0.1) is 0 Å². The minimum Gasteiger partial charge on any atom is -0.486 e. The van der Waals surface area contributed by atoms with Crippen LogP contribution in [0.15, 0.2) is 23.7 Å². The van der Waals surface area contributed by atoms with Crippen LogP contribution in [0.3, 0.4) is 0 Å². The predicted molar refractivity (Wildman–Crippen MR) is 85.0 cm³/mol. The number of amides is 2. The van der Waals surface area contributed by atoms with Crippen molar-refractivity contribution in [2.24, 2.45) is 0 Å². The van der Waals surface area contributed by atoms with Crippen LogP contribution in [0.2, 0.25) is 0 Å². The molecule has 1 fully saturated rings. The second-order valence-electron chi connectivity index (χ2n) is 5.43. The Morgan fingerprint density at radius 2 is 2.17 bits per heavy atom. The molecule has 7 nitrogen and oxygen atoms in total. The van der Waals surface area contributed by atoms with Crippen LogP contribution in [0.5, 0.6) is 11.5 Å². The van der Waals surface area contributed by atoms with E-state index in [2.05, 4.69) is 15.5 Å². The number of urea groups is 1. The Balaban J connectivity index is 1.54. The molecule has 23 heavy (non-hydrogen) atoms. The number of carbonyl (C=O) groups excluding carboxylic acids is 1. The Hall–Kier alpha value is -2.35. The van der Waals surface area contributed by atoms with Gasteiger partial charge in [-0.1, -0.05) is 17.4 Å². The first kappa shape index (κ1) is 14.3. The van der Waals surface area contributed by atoms with Crippen LogP contribution in [0.4, 0.5) is 9.93 Å². The topological polar surface area (TPSA) is 76.6 Å². The average molecular weight is 332 g/mol. The van der Waals surface area contributed by atoms with Crippen LogP contribution in [0.1, 0.15) is 24.4 Å². The summed E-state index contributed by atoms with van der Waals surface area (Å²) in [4.78, 5) is 14.3. The number of aromatic nitrogens is 2. The SMILES string of the molecule is O=C(Nc1nncs1)N1CCCC1c1ccc2c(c1)OCCO2. The third-order valence-corrected chi connectivity index (χ3v) is 4.65. The molecule has 2 aliphatic heterocycles. The van der Waals surface area contributed by atoms with Crippen molar-refractivity contribution >= 4 is 22.5 Å². The van der Waals surface area contributed by atoms with E-state index in [-0.39, 0.29) is 12.1 Å². The van der Waals surface area contributed by atoms with Gasteiger partial charge in [0.2, 0.25) is 5.13 Å². The van der Waals surface area contributed by atoms with Gasteiger partial charge in [-0.05, 0) is 30.5 Å². The quantitative estimate of drug-likeness (QED) is 0.915. The van der Waals surface area contributed by atoms with Crippen molar-refractivity contribution in [2.45, 2.75) is 18.9 Å². The molecule has 0 bridgehead atoms. The number of likely N-dealkylation sites (tertiary alicyclic amines) is 1. The van der Waals surface area contributed by atoms with Crippen LogP contribution in [-0.4, -0.2) is 40.9 Å². The van der Waals surface area contributed by atoms with Gasteiger partial charge >= 0.3 is 6.03 Å².